The van der Waals surface area contributed by atoms with Crippen LogP contribution in [0.5, 0.6) is 0 Å². The van der Waals surface area contributed by atoms with Crippen LogP contribution < -0.4 is 0 Å². The fourth-order valence-corrected chi connectivity index (χ4v) is 5.46. The van der Waals surface area contributed by atoms with E-state index < -0.39 is 21.7 Å². The summed E-state index contributed by atoms with van der Waals surface area (Å²) in [7, 11) is -3.19. The monoisotopic (exact) mass is 401 g/mol. The average Bonchev–Trinajstić information content (AvgIpc) is 3.19. The lowest BCUT2D eigenvalue weighted by Crippen LogP contribution is -2.40. The van der Waals surface area contributed by atoms with Gasteiger partial charge in [-0.2, -0.15) is 0 Å². The number of aryl methyl sites for hydroxylation is 1. The van der Waals surface area contributed by atoms with Crippen LogP contribution in [0.1, 0.15) is 28.1 Å². The van der Waals surface area contributed by atoms with E-state index in [-0.39, 0.29) is 29.7 Å². The third kappa shape index (κ3) is 3.54. The Hall–Kier alpha value is -2.67. The van der Waals surface area contributed by atoms with Gasteiger partial charge < -0.3 is 9.32 Å². The topological polar surface area (TPSA) is 67.6 Å². The van der Waals surface area contributed by atoms with E-state index in [1.165, 1.54) is 17.0 Å². The zero-order valence-electron chi connectivity index (χ0n) is 15.4. The zero-order valence-corrected chi connectivity index (χ0v) is 16.2. The Balaban J connectivity index is 1.73. The minimum absolute atomic E-state index is 0.0453. The number of carbonyl (C=O) groups excluding carboxylic acids is 1. The number of benzene rings is 2. The number of para-hydroxylation sites is 1. The first kappa shape index (κ1) is 18.7. The smallest absolute Gasteiger partial charge is 0.290 e. The molecular formula is C21H20FNO4S. The number of hydrogen-bond acceptors (Lipinski definition) is 4. The number of nitrogens with zero attached hydrogens (tertiary/aromatic N) is 1. The molecule has 0 bridgehead atoms. The summed E-state index contributed by atoms with van der Waals surface area (Å²) in [6.07, 6.45) is 0.364. The molecule has 1 fully saturated rings. The molecule has 0 aliphatic carbocycles. The van der Waals surface area contributed by atoms with Crippen molar-refractivity contribution < 1.29 is 22.0 Å². The van der Waals surface area contributed by atoms with Crippen LogP contribution in [0, 0.1) is 12.7 Å². The lowest BCUT2D eigenvalue weighted by Gasteiger charge is -2.28. The summed E-state index contributed by atoms with van der Waals surface area (Å²) in [6, 6.07) is 12.9. The average molecular weight is 401 g/mol. The first-order valence-corrected chi connectivity index (χ1v) is 10.9. The van der Waals surface area contributed by atoms with E-state index in [1.807, 2.05) is 25.1 Å². The van der Waals surface area contributed by atoms with Crippen molar-refractivity contribution >= 4 is 26.7 Å². The number of carbonyl (C=O) groups is 1. The summed E-state index contributed by atoms with van der Waals surface area (Å²) in [5.41, 5.74) is 1.92. The highest BCUT2D eigenvalue weighted by Crippen LogP contribution is 2.29. The second-order valence-electron chi connectivity index (χ2n) is 7.17. The summed E-state index contributed by atoms with van der Waals surface area (Å²) in [5, 5.41) is 0.843. The minimum Gasteiger partial charge on any atom is -0.451 e. The fourth-order valence-electron chi connectivity index (χ4n) is 3.73. The van der Waals surface area contributed by atoms with Crippen molar-refractivity contribution in [1.29, 1.82) is 0 Å². The molecule has 1 aromatic heterocycles. The van der Waals surface area contributed by atoms with Gasteiger partial charge in [0.15, 0.2) is 15.6 Å². The highest BCUT2D eigenvalue weighted by molar-refractivity contribution is 7.91. The van der Waals surface area contributed by atoms with Gasteiger partial charge in [-0.15, -0.1) is 0 Å². The Kier molecular flexibility index (Phi) is 4.71. The predicted molar refractivity (Wildman–Crippen MR) is 104 cm³/mol. The SMILES string of the molecule is Cc1c(C(=O)N(Cc2cccc(F)c2)C2CCS(=O)(=O)C2)oc2ccccc12. The van der Waals surface area contributed by atoms with Gasteiger partial charge in [-0.05, 0) is 37.1 Å². The summed E-state index contributed by atoms with van der Waals surface area (Å²) >= 11 is 0. The molecule has 7 heteroatoms. The van der Waals surface area contributed by atoms with Crippen molar-refractivity contribution in [2.75, 3.05) is 11.5 Å². The van der Waals surface area contributed by atoms with Crippen molar-refractivity contribution in [3.63, 3.8) is 0 Å². The molecule has 0 N–H and O–H groups in total. The number of hydrogen-bond donors (Lipinski definition) is 0. The molecule has 4 rings (SSSR count). The predicted octanol–water partition coefficient (Wildman–Crippen LogP) is 3.71. The van der Waals surface area contributed by atoms with Crippen LogP contribution in [0.4, 0.5) is 4.39 Å². The van der Waals surface area contributed by atoms with Crippen molar-refractivity contribution in [3.05, 3.63) is 71.2 Å². The van der Waals surface area contributed by atoms with E-state index >= 15 is 0 Å². The molecule has 1 aliphatic heterocycles. The van der Waals surface area contributed by atoms with Gasteiger partial charge in [-0.25, -0.2) is 12.8 Å². The second kappa shape index (κ2) is 7.05. The van der Waals surface area contributed by atoms with E-state index in [1.54, 1.807) is 18.2 Å². The Labute approximate surface area is 162 Å². The number of furan rings is 1. The number of amides is 1. The van der Waals surface area contributed by atoms with Crippen LogP contribution in [0.2, 0.25) is 0 Å². The molecule has 1 amide bonds. The molecule has 1 atom stereocenters. The first-order valence-electron chi connectivity index (χ1n) is 9.08. The normalized spacial score (nSPS) is 18.4. The maximum atomic E-state index is 13.6. The summed E-state index contributed by atoms with van der Waals surface area (Å²) in [4.78, 5) is 14.9. The van der Waals surface area contributed by atoms with Gasteiger partial charge in [0.2, 0.25) is 0 Å². The van der Waals surface area contributed by atoms with Gasteiger partial charge in [0.1, 0.15) is 11.4 Å². The van der Waals surface area contributed by atoms with Crippen molar-refractivity contribution in [2.45, 2.75) is 25.9 Å². The molecule has 0 spiro atoms. The molecule has 2 aromatic carbocycles. The van der Waals surface area contributed by atoms with Crippen LogP contribution in [0.3, 0.4) is 0 Å². The van der Waals surface area contributed by atoms with E-state index in [0.717, 1.165) is 5.39 Å². The molecule has 2 heterocycles. The van der Waals surface area contributed by atoms with Crippen LogP contribution in [-0.2, 0) is 16.4 Å². The van der Waals surface area contributed by atoms with Gasteiger partial charge in [0.05, 0.1) is 11.5 Å². The summed E-state index contributed by atoms with van der Waals surface area (Å²) in [6.45, 7) is 1.93. The Morgan fingerprint density at radius 3 is 2.68 bits per heavy atom. The number of fused-ring (bicyclic) bond motifs is 1. The van der Waals surface area contributed by atoms with Crippen LogP contribution >= 0.6 is 0 Å². The van der Waals surface area contributed by atoms with Gasteiger partial charge in [0.25, 0.3) is 5.91 Å². The number of sulfone groups is 1. The molecule has 28 heavy (non-hydrogen) atoms. The van der Waals surface area contributed by atoms with Crippen LogP contribution in [-0.4, -0.2) is 36.8 Å². The Bertz CT molecular complexity index is 1150. The summed E-state index contributed by atoms with van der Waals surface area (Å²) in [5.74, 6) is -0.623. The number of halogens is 1. The standard InChI is InChI=1S/C21H20FNO4S/c1-14-18-7-2-3-8-19(18)27-20(14)21(24)23(17-9-10-28(25,26)13-17)12-15-5-4-6-16(22)11-15/h2-8,11,17H,9-10,12-13H2,1H3. The largest absolute Gasteiger partial charge is 0.451 e. The summed E-state index contributed by atoms with van der Waals surface area (Å²) < 4.78 is 43.4. The second-order valence-corrected chi connectivity index (χ2v) is 9.40. The molecule has 1 unspecified atom stereocenters. The molecule has 146 valence electrons. The minimum atomic E-state index is -3.19. The molecule has 3 aromatic rings. The first-order chi connectivity index (χ1) is 13.3. The molecule has 1 saturated heterocycles. The van der Waals surface area contributed by atoms with E-state index in [9.17, 15) is 17.6 Å². The van der Waals surface area contributed by atoms with Gasteiger partial charge in [0, 0.05) is 23.5 Å². The third-order valence-electron chi connectivity index (χ3n) is 5.19. The lowest BCUT2D eigenvalue weighted by molar-refractivity contribution is 0.0649. The van der Waals surface area contributed by atoms with Crippen molar-refractivity contribution in [1.82, 2.24) is 4.90 Å². The van der Waals surface area contributed by atoms with E-state index in [0.29, 0.717) is 23.1 Å². The molecule has 1 aliphatic rings. The quantitative estimate of drug-likeness (QED) is 0.668. The van der Waals surface area contributed by atoms with Crippen LogP contribution in [0.15, 0.2) is 52.9 Å². The molecule has 5 nitrogen and oxygen atoms in total. The fraction of sp³-hybridized carbons (Fsp3) is 0.286. The Morgan fingerprint density at radius 2 is 2.00 bits per heavy atom. The Morgan fingerprint density at radius 1 is 1.21 bits per heavy atom. The zero-order chi connectivity index (χ0) is 19.9. The maximum absolute atomic E-state index is 13.6. The highest BCUT2D eigenvalue weighted by atomic mass is 32.2. The van der Waals surface area contributed by atoms with E-state index in [4.69, 9.17) is 4.42 Å². The van der Waals surface area contributed by atoms with Crippen molar-refractivity contribution in [3.8, 4) is 0 Å². The van der Waals surface area contributed by atoms with Gasteiger partial charge in [-0.1, -0.05) is 30.3 Å². The number of rotatable bonds is 4. The van der Waals surface area contributed by atoms with Crippen molar-refractivity contribution in [2.24, 2.45) is 0 Å². The lowest BCUT2D eigenvalue weighted by atomic mass is 10.1. The molecule has 0 saturated carbocycles. The molecular weight excluding hydrogens is 381 g/mol. The van der Waals surface area contributed by atoms with Gasteiger partial charge >= 0.3 is 0 Å². The van der Waals surface area contributed by atoms with Crippen LogP contribution in [0.25, 0.3) is 11.0 Å². The highest BCUT2D eigenvalue weighted by Gasteiger charge is 2.36. The maximum Gasteiger partial charge on any atom is 0.290 e. The third-order valence-corrected chi connectivity index (χ3v) is 6.94. The molecule has 0 radical (unpaired) electrons. The van der Waals surface area contributed by atoms with Gasteiger partial charge in [-0.3, -0.25) is 4.79 Å². The van der Waals surface area contributed by atoms with E-state index in [2.05, 4.69) is 0 Å².